The minimum absolute atomic E-state index is 0.164. The fourth-order valence-electron chi connectivity index (χ4n) is 3.06. The number of carbonyl (C=O) groups is 2. The monoisotopic (exact) mass is 450 g/mol. The number of carbonyl (C=O) groups excluding carboxylic acids is 2. The van der Waals surface area contributed by atoms with Gasteiger partial charge in [-0.2, -0.15) is 0 Å². The first-order valence-electron chi connectivity index (χ1n) is 10.7. The second-order valence-electron chi connectivity index (χ2n) is 9.95. The summed E-state index contributed by atoms with van der Waals surface area (Å²) in [6.07, 6.45) is 0. The lowest BCUT2D eigenvalue weighted by molar-refractivity contribution is -0.123. The molecule has 0 aliphatic rings. The van der Waals surface area contributed by atoms with Crippen molar-refractivity contribution in [3.63, 3.8) is 0 Å². The number of hydrogen-bond acceptors (Lipinski definition) is 5. The zero-order valence-corrected chi connectivity index (χ0v) is 20.1. The Morgan fingerprint density at radius 3 is 2.00 bits per heavy atom. The Labute approximate surface area is 193 Å². The van der Waals surface area contributed by atoms with Gasteiger partial charge >= 0.3 is 0 Å². The maximum absolute atomic E-state index is 13.2. The van der Waals surface area contributed by atoms with E-state index in [0.717, 1.165) is 0 Å². The second-order valence-corrected chi connectivity index (χ2v) is 9.95. The molecule has 7 heteroatoms. The van der Waals surface area contributed by atoms with Gasteiger partial charge in [0.1, 0.15) is 5.76 Å². The summed E-state index contributed by atoms with van der Waals surface area (Å²) in [6, 6.07) is 11.7. The van der Waals surface area contributed by atoms with Crippen LogP contribution in [0.5, 0.6) is 5.75 Å². The van der Waals surface area contributed by atoms with Crippen molar-refractivity contribution in [2.45, 2.75) is 41.5 Å². The molecule has 2 aromatic carbocycles. The van der Waals surface area contributed by atoms with Crippen molar-refractivity contribution in [2.24, 2.45) is 10.8 Å². The number of hydrogen-bond donors (Lipinski definition) is 2. The van der Waals surface area contributed by atoms with Crippen LogP contribution in [0.4, 0.5) is 11.4 Å². The number of amides is 2. The molecule has 1 heterocycles. The van der Waals surface area contributed by atoms with E-state index >= 15 is 0 Å². The Morgan fingerprint density at radius 2 is 1.42 bits per heavy atom. The SMILES string of the molecule is COc1ccc(NC(=O)C(C)(C)C)c2c(=O)cc(-c3ccccc3NC(=O)C(C)(C)C)oc12. The van der Waals surface area contributed by atoms with Gasteiger partial charge < -0.3 is 19.8 Å². The van der Waals surface area contributed by atoms with Gasteiger partial charge in [0.2, 0.25) is 11.8 Å². The lowest BCUT2D eigenvalue weighted by Crippen LogP contribution is -2.28. The normalized spacial score (nSPS) is 11.8. The Bertz CT molecular complexity index is 1280. The summed E-state index contributed by atoms with van der Waals surface area (Å²) < 4.78 is 11.6. The van der Waals surface area contributed by atoms with Crippen LogP contribution < -0.4 is 20.8 Å². The van der Waals surface area contributed by atoms with E-state index in [2.05, 4.69) is 10.6 Å². The summed E-state index contributed by atoms with van der Waals surface area (Å²) in [6.45, 7) is 10.8. The zero-order chi connectivity index (χ0) is 24.6. The van der Waals surface area contributed by atoms with Crippen molar-refractivity contribution in [1.29, 1.82) is 0 Å². The molecular formula is C26H30N2O5. The first-order chi connectivity index (χ1) is 15.3. The minimum atomic E-state index is -0.642. The maximum Gasteiger partial charge on any atom is 0.229 e. The molecule has 0 saturated carbocycles. The van der Waals surface area contributed by atoms with E-state index in [1.807, 2.05) is 20.8 Å². The summed E-state index contributed by atoms with van der Waals surface area (Å²) in [7, 11) is 1.48. The Balaban J connectivity index is 2.18. The fraction of sp³-hybridized carbons (Fsp3) is 0.346. The van der Waals surface area contributed by atoms with Gasteiger partial charge in [-0.3, -0.25) is 14.4 Å². The highest BCUT2D eigenvalue weighted by Crippen LogP contribution is 2.35. The predicted octanol–water partition coefficient (Wildman–Crippen LogP) is 5.44. The lowest BCUT2D eigenvalue weighted by atomic mass is 9.95. The van der Waals surface area contributed by atoms with Crippen LogP contribution in [0.25, 0.3) is 22.3 Å². The highest BCUT2D eigenvalue weighted by atomic mass is 16.5. The zero-order valence-electron chi connectivity index (χ0n) is 20.1. The first-order valence-corrected chi connectivity index (χ1v) is 10.7. The number of fused-ring (bicyclic) bond motifs is 1. The number of para-hydroxylation sites is 1. The van der Waals surface area contributed by atoms with Crippen LogP contribution in [-0.4, -0.2) is 18.9 Å². The average Bonchev–Trinajstić information content (AvgIpc) is 2.72. The molecule has 0 aliphatic heterocycles. The molecule has 0 atom stereocenters. The van der Waals surface area contributed by atoms with Gasteiger partial charge in [-0.25, -0.2) is 0 Å². The molecule has 174 valence electrons. The largest absolute Gasteiger partial charge is 0.493 e. The number of benzene rings is 2. The molecule has 0 unspecified atom stereocenters. The van der Waals surface area contributed by atoms with Crippen LogP contribution in [0.2, 0.25) is 0 Å². The van der Waals surface area contributed by atoms with Gasteiger partial charge in [0.05, 0.1) is 23.9 Å². The maximum atomic E-state index is 13.2. The molecular weight excluding hydrogens is 420 g/mol. The van der Waals surface area contributed by atoms with Crippen molar-refractivity contribution < 1.29 is 18.7 Å². The second kappa shape index (κ2) is 8.73. The van der Waals surface area contributed by atoms with E-state index < -0.39 is 10.8 Å². The number of nitrogens with one attached hydrogen (secondary N) is 2. The number of methoxy groups -OCH3 is 1. The molecule has 2 N–H and O–H groups in total. The molecule has 1 aromatic heterocycles. The number of ether oxygens (including phenoxy) is 1. The van der Waals surface area contributed by atoms with Crippen LogP contribution in [0.3, 0.4) is 0 Å². The Kier molecular flexibility index (Phi) is 6.36. The van der Waals surface area contributed by atoms with Gasteiger partial charge in [-0.05, 0) is 24.3 Å². The van der Waals surface area contributed by atoms with Crippen LogP contribution in [0.1, 0.15) is 41.5 Å². The van der Waals surface area contributed by atoms with E-state index in [1.54, 1.807) is 57.2 Å². The summed E-state index contributed by atoms with van der Waals surface area (Å²) >= 11 is 0. The van der Waals surface area contributed by atoms with Gasteiger partial charge in [-0.1, -0.05) is 53.7 Å². The highest BCUT2D eigenvalue weighted by Gasteiger charge is 2.25. The van der Waals surface area contributed by atoms with E-state index in [-0.39, 0.29) is 34.0 Å². The van der Waals surface area contributed by atoms with Crippen molar-refractivity contribution in [3.05, 3.63) is 52.7 Å². The predicted molar refractivity (Wildman–Crippen MR) is 131 cm³/mol. The molecule has 7 nitrogen and oxygen atoms in total. The lowest BCUT2D eigenvalue weighted by Gasteiger charge is -2.20. The Hall–Kier alpha value is -3.61. The highest BCUT2D eigenvalue weighted by molar-refractivity contribution is 6.04. The average molecular weight is 451 g/mol. The third-order valence-corrected chi connectivity index (χ3v) is 5.11. The Morgan fingerprint density at radius 1 is 0.848 bits per heavy atom. The molecule has 0 saturated heterocycles. The molecule has 33 heavy (non-hydrogen) atoms. The fourth-order valence-corrected chi connectivity index (χ4v) is 3.06. The van der Waals surface area contributed by atoms with Crippen LogP contribution in [0.15, 0.2) is 51.7 Å². The van der Waals surface area contributed by atoms with Crippen molar-refractivity contribution >= 4 is 34.2 Å². The topological polar surface area (TPSA) is 97.6 Å². The number of rotatable bonds is 4. The van der Waals surface area contributed by atoms with Crippen LogP contribution in [-0.2, 0) is 9.59 Å². The minimum Gasteiger partial charge on any atom is -0.493 e. The quantitative estimate of drug-likeness (QED) is 0.552. The molecule has 0 radical (unpaired) electrons. The molecule has 0 bridgehead atoms. The third-order valence-electron chi connectivity index (χ3n) is 5.11. The van der Waals surface area contributed by atoms with Gasteiger partial charge in [0.15, 0.2) is 16.8 Å². The van der Waals surface area contributed by atoms with Crippen molar-refractivity contribution in [3.8, 4) is 17.1 Å². The van der Waals surface area contributed by atoms with Crippen molar-refractivity contribution in [1.82, 2.24) is 0 Å². The smallest absolute Gasteiger partial charge is 0.229 e. The third kappa shape index (κ3) is 5.08. The molecule has 2 amide bonds. The molecule has 0 fully saturated rings. The van der Waals surface area contributed by atoms with Gasteiger partial charge in [0, 0.05) is 22.5 Å². The molecule has 0 spiro atoms. The van der Waals surface area contributed by atoms with E-state index in [4.69, 9.17) is 9.15 Å². The summed E-state index contributed by atoms with van der Waals surface area (Å²) in [5.41, 5.74) is 0.0591. The van der Waals surface area contributed by atoms with E-state index in [9.17, 15) is 14.4 Å². The van der Waals surface area contributed by atoms with Gasteiger partial charge in [-0.15, -0.1) is 0 Å². The summed E-state index contributed by atoms with van der Waals surface area (Å²) in [4.78, 5) is 38.3. The number of anilines is 2. The van der Waals surface area contributed by atoms with Crippen LogP contribution in [0, 0.1) is 10.8 Å². The molecule has 0 aliphatic carbocycles. The van der Waals surface area contributed by atoms with Crippen LogP contribution >= 0.6 is 0 Å². The molecule has 3 rings (SSSR count). The van der Waals surface area contributed by atoms with E-state index in [1.165, 1.54) is 13.2 Å². The standard InChI is InChI=1S/C26H30N2O5/c1-25(2,3)23(30)27-16-11-9-8-10-15(16)20-14-18(29)21-17(28-24(31)26(4,5)6)12-13-19(32-7)22(21)33-20/h8-14H,1-7H3,(H,27,30)(H,28,31). The summed E-state index contributed by atoms with van der Waals surface area (Å²) in [5.74, 6) is 0.236. The first kappa shape index (κ1) is 24.0. The molecule has 3 aromatic rings. The van der Waals surface area contributed by atoms with E-state index in [0.29, 0.717) is 22.7 Å². The van der Waals surface area contributed by atoms with Gasteiger partial charge in [0.25, 0.3) is 0 Å². The summed E-state index contributed by atoms with van der Waals surface area (Å²) in [5, 5.41) is 5.94. The van der Waals surface area contributed by atoms with Crippen molar-refractivity contribution in [2.75, 3.05) is 17.7 Å².